The summed E-state index contributed by atoms with van der Waals surface area (Å²) < 4.78 is 28.0. The SMILES string of the molecule is CCC(C)C1=CC=C(C)C(F)C(C)(F)CCC1. The maximum atomic E-state index is 14.1. The lowest BCUT2D eigenvalue weighted by Crippen LogP contribution is -2.32. The predicted octanol–water partition coefficient (Wildman–Crippen LogP) is 5.16. The maximum absolute atomic E-state index is 14.1. The fourth-order valence-electron chi connectivity index (χ4n) is 2.32. The monoisotopic (exact) mass is 242 g/mol. The first-order chi connectivity index (χ1) is 7.88. The highest BCUT2D eigenvalue weighted by atomic mass is 19.2. The molecule has 0 bridgehead atoms. The van der Waals surface area contributed by atoms with E-state index in [0.717, 1.165) is 19.3 Å². The Hall–Kier alpha value is -0.660. The molecule has 1 aliphatic carbocycles. The van der Waals surface area contributed by atoms with Gasteiger partial charge in [0.25, 0.3) is 0 Å². The van der Waals surface area contributed by atoms with Gasteiger partial charge in [-0.05, 0) is 51.0 Å². The second kappa shape index (κ2) is 5.79. The lowest BCUT2D eigenvalue weighted by atomic mass is 9.90. The van der Waals surface area contributed by atoms with E-state index in [4.69, 9.17) is 0 Å². The highest BCUT2D eigenvalue weighted by Crippen LogP contribution is 2.33. The van der Waals surface area contributed by atoms with E-state index < -0.39 is 11.8 Å². The van der Waals surface area contributed by atoms with E-state index in [0.29, 0.717) is 17.9 Å². The minimum Gasteiger partial charge on any atom is -0.241 e. The smallest absolute Gasteiger partial charge is 0.155 e. The molecule has 0 nitrogen and oxygen atoms in total. The summed E-state index contributed by atoms with van der Waals surface area (Å²) in [7, 11) is 0. The zero-order valence-electron chi connectivity index (χ0n) is 11.4. The number of hydrogen-bond acceptors (Lipinski definition) is 0. The third-order valence-corrected chi connectivity index (χ3v) is 3.86. The van der Waals surface area contributed by atoms with Gasteiger partial charge in [0.15, 0.2) is 6.17 Å². The molecular formula is C15H24F2. The van der Waals surface area contributed by atoms with Gasteiger partial charge in [0.2, 0.25) is 0 Å². The van der Waals surface area contributed by atoms with Crippen molar-refractivity contribution in [1.82, 2.24) is 0 Å². The Kier molecular flexibility index (Phi) is 4.91. The molecule has 0 aromatic rings. The molecule has 3 unspecified atom stereocenters. The first-order valence-electron chi connectivity index (χ1n) is 6.58. The van der Waals surface area contributed by atoms with Gasteiger partial charge in [0, 0.05) is 0 Å². The third kappa shape index (κ3) is 3.65. The largest absolute Gasteiger partial charge is 0.241 e. The van der Waals surface area contributed by atoms with Gasteiger partial charge < -0.3 is 0 Å². The molecule has 98 valence electrons. The summed E-state index contributed by atoms with van der Waals surface area (Å²) in [5.74, 6) is 0.501. The van der Waals surface area contributed by atoms with Crippen molar-refractivity contribution in [3.8, 4) is 0 Å². The van der Waals surface area contributed by atoms with Crippen molar-refractivity contribution in [2.45, 2.75) is 65.2 Å². The van der Waals surface area contributed by atoms with Crippen LogP contribution in [0.15, 0.2) is 23.3 Å². The topological polar surface area (TPSA) is 0 Å². The summed E-state index contributed by atoms with van der Waals surface area (Å²) in [4.78, 5) is 0. The fourth-order valence-corrected chi connectivity index (χ4v) is 2.32. The second-order valence-corrected chi connectivity index (χ2v) is 5.46. The van der Waals surface area contributed by atoms with Crippen LogP contribution < -0.4 is 0 Å². The lowest BCUT2D eigenvalue weighted by Gasteiger charge is -2.24. The second-order valence-electron chi connectivity index (χ2n) is 5.46. The van der Waals surface area contributed by atoms with E-state index in [1.807, 2.05) is 6.08 Å². The number of hydrogen-bond donors (Lipinski definition) is 0. The molecule has 0 amide bonds. The summed E-state index contributed by atoms with van der Waals surface area (Å²) in [6.45, 7) is 7.38. The van der Waals surface area contributed by atoms with Gasteiger partial charge in [-0.3, -0.25) is 0 Å². The van der Waals surface area contributed by atoms with Crippen LogP contribution >= 0.6 is 0 Å². The summed E-state index contributed by atoms with van der Waals surface area (Å²) in [5.41, 5.74) is 0.0914. The molecule has 1 aliphatic rings. The highest BCUT2D eigenvalue weighted by Gasteiger charge is 2.35. The van der Waals surface area contributed by atoms with Crippen LogP contribution in [0, 0.1) is 5.92 Å². The Balaban J connectivity index is 2.93. The van der Waals surface area contributed by atoms with E-state index >= 15 is 0 Å². The zero-order valence-corrected chi connectivity index (χ0v) is 11.4. The molecule has 3 atom stereocenters. The van der Waals surface area contributed by atoms with Crippen molar-refractivity contribution < 1.29 is 8.78 Å². The number of rotatable bonds is 2. The number of halogens is 2. The Bertz CT molecular complexity index is 313. The molecule has 0 heterocycles. The van der Waals surface area contributed by atoms with E-state index in [1.54, 1.807) is 13.0 Å². The van der Waals surface area contributed by atoms with Crippen LogP contribution in [0.3, 0.4) is 0 Å². The molecule has 0 spiro atoms. The molecule has 2 heteroatoms. The zero-order chi connectivity index (χ0) is 13.1. The van der Waals surface area contributed by atoms with Crippen LogP contribution in [0.2, 0.25) is 0 Å². The van der Waals surface area contributed by atoms with E-state index in [2.05, 4.69) is 13.8 Å². The summed E-state index contributed by atoms with van der Waals surface area (Å²) in [6.07, 6.45) is 5.26. The quantitative estimate of drug-likeness (QED) is 0.627. The summed E-state index contributed by atoms with van der Waals surface area (Å²) in [5, 5.41) is 0. The third-order valence-electron chi connectivity index (χ3n) is 3.86. The van der Waals surface area contributed by atoms with Crippen LogP contribution in [0.5, 0.6) is 0 Å². The van der Waals surface area contributed by atoms with Gasteiger partial charge in [-0.1, -0.05) is 31.6 Å². The molecule has 0 saturated heterocycles. The number of alkyl halides is 2. The summed E-state index contributed by atoms with van der Waals surface area (Å²) >= 11 is 0. The molecule has 0 aliphatic heterocycles. The minimum absolute atomic E-state index is 0.299. The van der Waals surface area contributed by atoms with Gasteiger partial charge in [-0.2, -0.15) is 0 Å². The Morgan fingerprint density at radius 2 is 2.12 bits per heavy atom. The molecule has 0 aromatic carbocycles. The van der Waals surface area contributed by atoms with Crippen molar-refractivity contribution in [2.24, 2.45) is 5.92 Å². The normalized spacial score (nSPS) is 32.9. The molecule has 17 heavy (non-hydrogen) atoms. The van der Waals surface area contributed by atoms with Gasteiger partial charge in [0.05, 0.1) is 0 Å². The Morgan fingerprint density at radius 3 is 2.71 bits per heavy atom. The molecular weight excluding hydrogens is 218 g/mol. The fraction of sp³-hybridized carbons (Fsp3) is 0.733. The van der Waals surface area contributed by atoms with E-state index in [9.17, 15) is 8.78 Å². The molecule has 0 saturated carbocycles. The van der Waals surface area contributed by atoms with Crippen LogP contribution in [0.4, 0.5) is 8.78 Å². The Labute approximate surface area is 104 Å². The standard InChI is InChI=1S/C15H24F2/c1-5-11(2)13-7-6-10-15(4,17)14(16)12(3)8-9-13/h8-9,11,14H,5-7,10H2,1-4H3. The van der Waals surface area contributed by atoms with Gasteiger partial charge in [0.1, 0.15) is 5.67 Å². The van der Waals surface area contributed by atoms with Gasteiger partial charge in [-0.15, -0.1) is 0 Å². The van der Waals surface area contributed by atoms with Crippen molar-refractivity contribution in [1.29, 1.82) is 0 Å². The first kappa shape index (κ1) is 14.4. The van der Waals surface area contributed by atoms with Crippen molar-refractivity contribution >= 4 is 0 Å². The van der Waals surface area contributed by atoms with E-state index in [1.165, 1.54) is 12.5 Å². The molecule has 0 fully saturated rings. The minimum atomic E-state index is -1.72. The average Bonchev–Trinajstić information content (AvgIpc) is 2.34. The maximum Gasteiger partial charge on any atom is 0.155 e. The van der Waals surface area contributed by atoms with Crippen molar-refractivity contribution in [3.63, 3.8) is 0 Å². The lowest BCUT2D eigenvalue weighted by molar-refractivity contribution is 0.0782. The summed E-state index contributed by atoms with van der Waals surface area (Å²) in [6, 6.07) is 0. The average molecular weight is 242 g/mol. The predicted molar refractivity (Wildman–Crippen MR) is 69.6 cm³/mol. The van der Waals surface area contributed by atoms with Crippen LogP contribution in [-0.2, 0) is 0 Å². The van der Waals surface area contributed by atoms with Crippen LogP contribution in [-0.4, -0.2) is 11.8 Å². The van der Waals surface area contributed by atoms with Crippen molar-refractivity contribution in [3.05, 3.63) is 23.3 Å². The van der Waals surface area contributed by atoms with Gasteiger partial charge >= 0.3 is 0 Å². The first-order valence-corrected chi connectivity index (χ1v) is 6.58. The highest BCUT2D eigenvalue weighted by molar-refractivity contribution is 5.23. The molecule has 0 aromatic heterocycles. The van der Waals surface area contributed by atoms with Crippen molar-refractivity contribution in [2.75, 3.05) is 0 Å². The van der Waals surface area contributed by atoms with Crippen LogP contribution in [0.1, 0.15) is 53.4 Å². The molecule has 1 rings (SSSR count). The Morgan fingerprint density at radius 1 is 1.47 bits per heavy atom. The van der Waals surface area contributed by atoms with Crippen LogP contribution in [0.25, 0.3) is 0 Å². The molecule has 0 N–H and O–H groups in total. The van der Waals surface area contributed by atoms with E-state index in [-0.39, 0.29) is 0 Å². The number of allylic oxidation sites excluding steroid dienone is 4. The molecule has 0 radical (unpaired) electrons. The van der Waals surface area contributed by atoms with Gasteiger partial charge in [-0.25, -0.2) is 8.78 Å².